The van der Waals surface area contributed by atoms with Gasteiger partial charge in [0.2, 0.25) is 0 Å². The van der Waals surface area contributed by atoms with Crippen LogP contribution in [0.25, 0.3) is 0 Å². The van der Waals surface area contributed by atoms with Gasteiger partial charge in [-0.05, 0) is 63.1 Å². The monoisotopic (exact) mass is 501 g/mol. The van der Waals surface area contributed by atoms with E-state index in [0.29, 0.717) is 12.3 Å². The first-order valence-corrected chi connectivity index (χ1v) is 13.6. The molecule has 1 aliphatic heterocycles. The van der Waals surface area contributed by atoms with Crippen molar-refractivity contribution in [1.29, 1.82) is 0 Å². The first-order chi connectivity index (χ1) is 16.7. The van der Waals surface area contributed by atoms with Crippen molar-refractivity contribution >= 4 is 21.6 Å². The number of benzene rings is 2. The zero-order chi connectivity index (χ0) is 25.2. The van der Waals surface area contributed by atoms with Gasteiger partial charge in [-0.1, -0.05) is 25.1 Å². The summed E-state index contributed by atoms with van der Waals surface area (Å²) in [5.41, 5.74) is 0.553. The largest absolute Gasteiger partial charge is 0.488 e. The highest BCUT2D eigenvalue weighted by Gasteiger charge is 2.34. The molecule has 1 aliphatic carbocycles. The van der Waals surface area contributed by atoms with E-state index < -0.39 is 10.0 Å². The third kappa shape index (κ3) is 6.15. The first-order valence-electron chi connectivity index (χ1n) is 12.2. The smallest absolute Gasteiger partial charge is 0.261 e. The lowest BCUT2D eigenvalue weighted by Crippen LogP contribution is -2.50. The third-order valence-electron chi connectivity index (χ3n) is 6.73. The van der Waals surface area contributed by atoms with Gasteiger partial charge in [0.1, 0.15) is 11.9 Å². The zero-order valence-corrected chi connectivity index (χ0v) is 21.4. The fourth-order valence-corrected chi connectivity index (χ4v) is 5.51. The number of rotatable bonds is 9. The molecule has 4 rings (SSSR count). The molecule has 1 amide bonds. The number of sulfonamides is 1. The molecule has 2 N–H and O–H groups in total. The Balaban J connectivity index is 1.64. The molecule has 2 aromatic carbocycles. The fraction of sp³-hybridized carbons (Fsp3) is 0.500. The molecule has 0 radical (unpaired) electrons. The van der Waals surface area contributed by atoms with Crippen LogP contribution in [0.3, 0.4) is 0 Å². The van der Waals surface area contributed by atoms with Gasteiger partial charge in [-0.2, -0.15) is 0 Å². The Morgan fingerprint density at radius 3 is 2.54 bits per heavy atom. The standard InChI is InChI=1S/C26H35N3O5S/c1-18-14-29(19(2)17-30)26(31)23-13-21(27-35(32,33)22-7-5-4-6-8-22)11-12-24(23)34-25(18)16-28(3)15-20-9-10-20/h4-8,11-13,18-20,25,27,30H,9-10,14-17H2,1-3H3/t18-,19-,25-/m1/s1. The van der Waals surface area contributed by atoms with E-state index in [1.54, 1.807) is 35.2 Å². The van der Waals surface area contributed by atoms with E-state index in [-0.39, 0.29) is 46.7 Å². The van der Waals surface area contributed by atoms with Crippen LogP contribution >= 0.6 is 0 Å². The van der Waals surface area contributed by atoms with E-state index in [4.69, 9.17) is 4.74 Å². The molecule has 35 heavy (non-hydrogen) atoms. The Morgan fingerprint density at radius 2 is 1.89 bits per heavy atom. The summed E-state index contributed by atoms with van der Waals surface area (Å²) < 4.78 is 34.6. The van der Waals surface area contributed by atoms with E-state index in [1.807, 2.05) is 6.92 Å². The summed E-state index contributed by atoms with van der Waals surface area (Å²) in [4.78, 5) is 17.6. The topological polar surface area (TPSA) is 99.2 Å². The highest BCUT2D eigenvalue weighted by atomic mass is 32.2. The number of anilines is 1. The van der Waals surface area contributed by atoms with Crippen molar-refractivity contribution in [1.82, 2.24) is 9.80 Å². The molecular weight excluding hydrogens is 466 g/mol. The highest BCUT2D eigenvalue weighted by Crippen LogP contribution is 2.32. The Kier molecular flexibility index (Phi) is 7.68. The predicted molar refractivity (Wildman–Crippen MR) is 135 cm³/mol. The van der Waals surface area contributed by atoms with Crippen LogP contribution in [0.2, 0.25) is 0 Å². The Labute approximate surface area is 207 Å². The molecule has 2 aliphatic rings. The molecule has 0 unspecified atom stereocenters. The molecule has 0 saturated heterocycles. The van der Waals surface area contributed by atoms with Crippen molar-refractivity contribution in [2.45, 2.75) is 43.7 Å². The molecule has 8 nitrogen and oxygen atoms in total. The SMILES string of the molecule is C[C@@H]1CN([C@H](C)CO)C(=O)c2cc(NS(=O)(=O)c3ccccc3)ccc2O[C@@H]1CN(C)CC1CC1. The lowest BCUT2D eigenvalue weighted by atomic mass is 9.99. The summed E-state index contributed by atoms with van der Waals surface area (Å²) in [7, 11) is -1.72. The van der Waals surface area contributed by atoms with Crippen molar-refractivity contribution < 1.29 is 23.1 Å². The number of aliphatic hydroxyl groups is 1. The van der Waals surface area contributed by atoms with Gasteiger partial charge in [0.05, 0.1) is 23.1 Å². The van der Waals surface area contributed by atoms with Crippen LogP contribution in [0, 0.1) is 11.8 Å². The number of hydrogen-bond acceptors (Lipinski definition) is 6. The first kappa shape index (κ1) is 25.5. The Bertz CT molecular complexity index is 1140. The number of fused-ring (bicyclic) bond motifs is 1. The second-order valence-corrected chi connectivity index (χ2v) is 11.6. The van der Waals surface area contributed by atoms with E-state index in [9.17, 15) is 18.3 Å². The Morgan fingerprint density at radius 1 is 1.17 bits per heavy atom. The van der Waals surface area contributed by atoms with Crippen molar-refractivity contribution in [3.63, 3.8) is 0 Å². The van der Waals surface area contributed by atoms with Gasteiger partial charge in [-0.3, -0.25) is 9.52 Å². The molecule has 0 spiro atoms. The van der Waals surface area contributed by atoms with Gasteiger partial charge in [-0.25, -0.2) is 8.42 Å². The molecule has 9 heteroatoms. The number of nitrogens with one attached hydrogen (secondary N) is 1. The van der Waals surface area contributed by atoms with Crippen LogP contribution in [0.5, 0.6) is 5.75 Å². The molecule has 2 aromatic rings. The molecular formula is C26H35N3O5S. The average Bonchev–Trinajstić information content (AvgIpc) is 3.65. The van der Waals surface area contributed by atoms with Gasteiger partial charge in [0, 0.05) is 31.2 Å². The number of ether oxygens (including phenoxy) is 1. The number of aliphatic hydroxyl groups excluding tert-OH is 1. The van der Waals surface area contributed by atoms with E-state index in [1.165, 1.54) is 31.0 Å². The summed E-state index contributed by atoms with van der Waals surface area (Å²) in [5.74, 6) is 0.922. The van der Waals surface area contributed by atoms with Crippen LogP contribution in [-0.4, -0.2) is 74.7 Å². The fourth-order valence-electron chi connectivity index (χ4n) is 4.44. The summed E-state index contributed by atoms with van der Waals surface area (Å²) >= 11 is 0. The molecule has 0 bridgehead atoms. The normalized spacial score (nSPS) is 21.6. The number of amides is 1. The lowest BCUT2D eigenvalue weighted by molar-refractivity contribution is 0.0344. The number of carbonyl (C=O) groups excluding carboxylic acids is 1. The summed E-state index contributed by atoms with van der Waals surface area (Å²) in [6.07, 6.45) is 2.38. The van der Waals surface area contributed by atoms with Crippen LogP contribution in [-0.2, 0) is 10.0 Å². The Hall–Kier alpha value is -2.62. The average molecular weight is 502 g/mol. The molecule has 1 fully saturated rings. The summed E-state index contributed by atoms with van der Waals surface area (Å²) in [6.45, 7) is 5.88. The van der Waals surface area contributed by atoms with Crippen molar-refractivity contribution in [3.8, 4) is 5.75 Å². The van der Waals surface area contributed by atoms with Crippen molar-refractivity contribution in [2.75, 3.05) is 38.0 Å². The van der Waals surface area contributed by atoms with E-state index in [2.05, 4.69) is 23.6 Å². The summed E-state index contributed by atoms with van der Waals surface area (Å²) in [5, 5.41) is 9.83. The maximum atomic E-state index is 13.6. The minimum atomic E-state index is -3.81. The van der Waals surface area contributed by atoms with Crippen LogP contribution in [0.15, 0.2) is 53.4 Å². The number of carbonyl (C=O) groups is 1. The number of nitrogens with zero attached hydrogens (tertiary/aromatic N) is 2. The van der Waals surface area contributed by atoms with Gasteiger partial charge < -0.3 is 19.6 Å². The van der Waals surface area contributed by atoms with Crippen LogP contribution in [0.4, 0.5) is 5.69 Å². The molecule has 3 atom stereocenters. The van der Waals surface area contributed by atoms with Gasteiger partial charge in [-0.15, -0.1) is 0 Å². The second-order valence-electron chi connectivity index (χ2n) is 9.92. The molecule has 190 valence electrons. The lowest BCUT2D eigenvalue weighted by Gasteiger charge is -2.38. The number of likely N-dealkylation sites (N-methyl/N-ethyl adjacent to an activating group) is 1. The molecule has 0 aromatic heterocycles. The maximum Gasteiger partial charge on any atom is 0.261 e. The quantitative estimate of drug-likeness (QED) is 0.548. The number of hydrogen-bond donors (Lipinski definition) is 2. The maximum absolute atomic E-state index is 13.6. The third-order valence-corrected chi connectivity index (χ3v) is 8.13. The summed E-state index contributed by atoms with van der Waals surface area (Å²) in [6, 6.07) is 12.5. The predicted octanol–water partition coefficient (Wildman–Crippen LogP) is 3.05. The van der Waals surface area contributed by atoms with E-state index >= 15 is 0 Å². The molecule has 1 heterocycles. The highest BCUT2D eigenvalue weighted by molar-refractivity contribution is 7.92. The van der Waals surface area contributed by atoms with Gasteiger partial charge in [0.25, 0.3) is 15.9 Å². The van der Waals surface area contributed by atoms with Gasteiger partial charge in [0.15, 0.2) is 0 Å². The molecule has 1 saturated carbocycles. The minimum absolute atomic E-state index is 0.0408. The minimum Gasteiger partial charge on any atom is -0.488 e. The zero-order valence-electron chi connectivity index (χ0n) is 20.6. The van der Waals surface area contributed by atoms with Crippen LogP contribution in [0.1, 0.15) is 37.0 Å². The van der Waals surface area contributed by atoms with E-state index in [0.717, 1.165) is 19.0 Å². The van der Waals surface area contributed by atoms with Crippen LogP contribution < -0.4 is 9.46 Å². The van der Waals surface area contributed by atoms with Gasteiger partial charge >= 0.3 is 0 Å². The van der Waals surface area contributed by atoms with Crippen molar-refractivity contribution in [2.24, 2.45) is 11.8 Å². The second kappa shape index (κ2) is 10.6. The van der Waals surface area contributed by atoms with Crippen molar-refractivity contribution in [3.05, 3.63) is 54.1 Å².